The molecule has 3 nitrogen and oxygen atoms in total. The van der Waals surface area contributed by atoms with Crippen molar-refractivity contribution < 1.29 is 9.90 Å². The Morgan fingerprint density at radius 3 is 3.00 bits per heavy atom. The molecule has 3 heteroatoms. The fraction of sp³-hybridized carbons (Fsp3) is 0.364. The third kappa shape index (κ3) is 0.780. The maximum atomic E-state index is 11.5. The third-order valence-electron chi connectivity index (χ3n) is 3.28. The number of nitrogens with zero attached hydrogens (tertiary/aromatic N) is 1. The minimum absolute atomic E-state index is 0.0914. The summed E-state index contributed by atoms with van der Waals surface area (Å²) in [5.74, 6) is 0.188. The van der Waals surface area contributed by atoms with Gasteiger partial charge in [-0.2, -0.15) is 0 Å². The number of hydrogen-bond acceptors (Lipinski definition) is 2. The number of aliphatic hydroxyl groups excluding tert-OH is 1. The first-order chi connectivity index (χ1) is 6.83. The normalized spacial score (nSPS) is 28.4. The molecule has 2 aliphatic rings. The van der Waals surface area contributed by atoms with Crippen molar-refractivity contribution >= 4 is 5.91 Å². The molecule has 1 N–H and O–H groups in total. The zero-order valence-electron chi connectivity index (χ0n) is 7.68. The number of likely N-dealkylation sites (tertiary alicyclic amines) is 1. The van der Waals surface area contributed by atoms with Crippen LogP contribution < -0.4 is 0 Å². The summed E-state index contributed by atoms with van der Waals surface area (Å²) in [7, 11) is 0. The van der Waals surface area contributed by atoms with Crippen molar-refractivity contribution in [3.63, 3.8) is 0 Å². The second kappa shape index (κ2) is 2.58. The molecule has 1 aromatic rings. The van der Waals surface area contributed by atoms with E-state index in [2.05, 4.69) is 12.1 Å². The molecule has 1 aromatic carbocycles. The molecule has 0 bridgehead atoms. The summed E-state index contributed by atoms with van der Waals surface area (Å²) in [6, 6.07) is 8.24. The number of hydrogen-bond donors (Lipinski definition) is 1. The molecule has 2 atom stereocenters. The van der Waals surface area contributed by atoms with Crippen molar-refractivity contribution in [1.29, 1.82) is 0 Å². The molecule has 72 valence electrons. The highest BCUT2D eigenvalue weighted by atomic mass is 16.3. The SMILES string of the molecule is O=C1[C@@H]2Cc3ccccc3[C@@H]2N1CO. The Balaban J connectivity index is 2.03. The van der Waals surface area contributed by atoms with E-state index in [4.69, 9.17) is 5.11 Å². The van der Waals surface area contributed by atoms with E-state index in [1.807, 2.05) is 12.1 Å². The largest absolute Gasteiger partial charge is 0.376 e. The lowest BCUT2D eigenvalue weighted by Gasteiger charge is -2.42. The molecule has 1 saturated heterocycles. The van der Waals surface area contributed by atoms with Crippen LogP contribution in [0.25, 0.3) is 0 Å². The van der Waals surface area contributed by atoms with Gasteiger partial charge in [-0.15, -0.1) is 0 Å². The lowest BCUT2D eigenvalue weighted by Crippen LogP contribution is -2.53. The Kier molecular flexibility index (Phi) is 1.47. The number of rotatable bonds is 1. The Morgan fingerprint density at radius 2 is 2.21 bits per heavy atom. The van der Waals surface area contributed by atoms with Gasteiger partial charge in [-0.3, -0.25) is 4.79 Å². The highest BCUT2D eigenvalue weighted by Gasteiger charge is 2.51. The van der Waals surface area contributed by atoms with E-state index >= 15 is 0 Å². The zero-order valence-corrected chi connectivity index (χ0v) is 7.68. The monoisotopic (exact) mass is 189 g/mol. The smallest absolute Gasteiger partial charge is 0.230 e. The van der Waals surface area contributed by atoms with E-state index in [0.717, 1.165) is 6.42 Å². The van der Waals surface area contributed by atoms with Crippen LogP contribution in [0.15, 0.2) is 24.3 Å². The molecule has 1 heterocycles. The van der Waals surface area contributed by atoms with Crippen LogP contribution >= 0.6 is 0 Å². The Morgan fingerprint density at radius 1 is 1.43 bits per heavy atom. The molecule has 0 unspecified atom stereocenters. The maximum absolute atomic E-state index is 11.5. The van der Waals surface area contributed by atoms with Crippen LogP contribution in [0.1, 0.15) is 17.2 Å². The van der Waals surface area contributed by atoms with E-state index in [9.17, 15) is 4.79 Å². The Labute approximate surface area is 82.0 Å². The van der Waals surface area contributed by atoms with Gasteiger partial charge in [0, 0.05) is 0 Å². The van der Waals surface area contributed by atoms with Gasteiger partial charge < -0.3 is 10.0 Å². The molecule has 0 spiro atoms. The topological polar surface area (TPSA) is 40.5 Å². The Hall–Kier alpha value is -1.35. The molecule has 0 aromatic heterocycles. The number of aliphatic hydroxyl groups is 1. The van der Waals surface area contributed by atoms with Crippen LogP contribution in [-0.4, -0.2) is 22.6 Å². The second-order valence-electron chi connectivity index (χ2n) is 3.90. The fourth-order valence-corrected chi connectivity index (χ4v) is 2.61. The van der Waals surface area contributed by atoms with Gasteiger partial charge in [0.2, 0.25) is 5.91 Å². The number of carbonyl (C=O) groups excluding carboxylic acids is 1. The third-order valence-corrected chi connectivity index (χ3v) is 3.28. The maximum Gasteiger partial charge on any atom is 0.230 e. The second-order valence-corrected chi connectivity index (χ2v) is 3.90. The fourth-order valence-electron chi connectivity index (χ4n) is 2.61. The first kappa shape index (κ1) is 8.00. The zero-order chi connectivity index (χ0) is 9.71. The lowest BCUT2D eigenvalue weighted by molar-refractivity contribution is -0.162. The first-order valence-electron chi connectivity index (χ1n) is 4.82. The van der Waals surface area contributed by atoms with Crippen LogP contribution in [0.5, 0.6) is 0 Å². The van der Waals surface area contributed by atoms with Crippen molar-refractivity contribution in [2.75, 3.05) is 6.73 Å². The summed E-state index contributed by atoms with van der Waals surface area (Å²) >= 11 is 0. The summed E-state index contributed by atoms with van der Waals surface area (Å²) < 4.78 is 0. The van der Waals surface area contributed by atoms with Crippen LogP contribution in [-0.2, 0) is 11.2 Å². The van der Waals surface area contributed by atoms with Gasteiger partial charge in [-0.1, -0.05) is 24.3 Å². The summed E-state index contributed by atoms with van der Waals surface area (Å²) in [5, 5.41) is 9.03. The van der Waals surface area contributed by atoms with E-state index in [1.165, 1.54) is 16.0 Å². The van der Waals surface area contributed by atoms with Crippen LogP contribution in [0.3, 0.4) is 0 Å². The van der Waals surface area contributed by atoms with Gasteiger partial charge >= 0.3 is 0 Å². The summed E-state index contributed by atoms with van der Waals surface area (Å²) in [6.07, 6.45) is 0.843. The summed E-state index contributed by atoms with van der Waals surface area (Å²) in [5.41, 5.74) is 2.47. The first-order valence-corrected chi connectivity index (χ1v) is 4.82. The molecule has 0 saturated carbocycles. The summed E-state index contributed by atoms with van der Waals surface area (Å²) in [6.45, 7) is -0.158. The minimum Gasteiger partial charge on any atom is -0.376 e. The van der Waals surface area contributed by atoms with Crippen molar-refractivity contribution in [3.05, 3.63) is 35.4 Å². The number of fused-ring (bicyclic) bond motifs is 3. The molecule has 14 heavy (non-hydrogen) atoms. The molecule has 3 rings (SSSR count). The standard InChI is InChI=1S/C11H11NO2/c13-6-12-10-8-4-2-1-3-7(8)5-9(10)11(12)14/h1-4,9-10,13H,5-6H2/t9-,10+/m1/s1. The molecule has 0 radical (unpaired) electrons. The predicted octanol–water partition coefficient (Wildman–Crippen LogP) is 0.692. The minimum atomic E-state index is -0.158. The number of amides is 1. The van der Waals surface area contributed by atoms with Gasteiger partial charge in [-0.05, 0) is 17.5 Å². The quantitative estimate of drug-likeness (QED) is 0.660. The average molecular weight is 189 g/mol. The van der Waals surface area contributed by atoms with E-state index in [-0.39, 0.29) is 24.6 Å². The molecule has 1 fully saturated rings. The molecule has 1 aliphatic heterocycles. The van der Waals surface area contributed by atoms with Crippen molar-refractivity contribution in [3.8, 4) is 0 Å². The van der Waals surface area contributed by atoms with Gasteiger partial charge in [-0.25, -0.2) is 0 Å². The molecular weight excluding hydrogens is 178 g/mol. The van der Waals surface area contributed by atoms with Crippen LogP contribution in [0.4, 0.5) is 0 Å². The van der Waals surface area contributed by atoms with E-state index in [0.29, 0.717) is 0 Å². The van der Waals surface area contributed by atoms with E-state index < -0.39 is 0 Å². The number of β-lactam (4-membered cyclic amide) rings is 1. The highest BCUT2D eigenvalue weighted by Crippen LogP contribution is 2.48. The number of carbonyl (C=O) groups is 1. The lowest BCUT2D eigenvalue weighted by atomic mass is 9.89. The molecular formula is C11H11NO2. The van der Waals surface area contributed by atoms with Gasteiger partial charge in [0.05, 0.1) is 12.0 Å². The Bertz CT molecular complexity index is 394. The molecule has 1 aliphatic carbocycles. The van der Waals surface area contributed by atoms with Crippen molar-refractivity contribution in [1.82, 2.24) is 4.90 Å². The van der Waals surface area contributed by atoms with E-state index in [1.54, 1.807) is 0 Å². The number of benzene rings is 1. The summed E-state index contributed by atoms with van der Waals surface area (Å²) in [4.78, 5) is 13.0. The van der Waals surface area contributed by atoms with Crippen molar-refractivity contribution in [2.24, 2.45) is 5.92 Å². The van der Waals surface area contributed by atoms with Crippen LogP contribution in [0, 0.1) is 5.92 Å². The van der Waals surface area contributed by atoms with Gasteiger partial charge in [0.1, 0.15) is 6.73 Å². The predicted molar refractivity (Wildman–Crippen MR) is 50.3 cm³/mol. The van der Waals surface area contributed by atoms with Crippen molar-refractivity contribution in [2.45, 2.75) is 12.5 Å². The highest BCUT2D eigenvalue weighted by molar-refractivity contribution is 5.88. The molecule has 1 amide bonds. The van der Waals surface area contributed by atoms with Gasteiger partial charge in [0.25, 0.3) is 0 Å². The van der Waals surface area contributed by atoms with Gasteiger partial charge in [0.15, 0.2) is 0 Å². The van der Waals surface area contributed by atoms with Crippen LogP contribution in [0.2, 0.25) is 0 Å². The average Bonchev–Trinajstić information content (AvgIpc) is 2.55.